The van der Waals surface area contributed by atoms with Crippen molar-refractivity contribution in [3.63, 3.8) is 0 Å². The number of hydrogen-bond donors (Lipinski definition) is 2. The predicted molar refractivity (Wildman–Crippen MR) is 76.8 cm³/mol. The Kier molecular flexibility index (Phi) is 4.42. The lowest BCUT2D eigenvalue weighted by Crippen LogP contribution is -2.28. The van der Waals surface area contributed by atoms with Crippen molar-refractivity contribution in [2.75, 3.05) is 0 Å². The monoisotopic (exact) mass is 298 g/mol. The largest absolute Gasteiger partial charge is 0.271 e. The number of benzene rings is 2. The van der Waals surface area contributed by atoms with E-state index in [0.717, 1.165) is 16.7 Å². The van der Waals surface area contributed by atoms with E-state index in [1.54, 1.807) is 12.1 Å². The summed E-state index contributed by atoms with van der Waals surface area (Å²) in [5.74, 6) is 5.13. The molecule has 1 unspecified atom stereocenters. The van der Waals surface area contributed by atoms with E-state index in [4.69, 9.17) is 29.0 Å². The molecule has 0 saturated heterocycles. The summed E-state index contributed by atoms with van der Waals surface area (Å²) in [5.41, 5.74) is 5.33. The number of hydrogen-bond acceptors (Lipinski definition) is 2. The zero-order chi connectivity index (χ0) is 14.0. The molecule has 3 N–H and O–H groups in total. The van der Waals surface area contributed by atoms with Gasteiger partial charge in [0.05, 0.1) is 11.1 Å². The second-order valence-corrected chi connectivity index (χ2v) is 5.10. The molecule has 2 rings (SSSR count). The molecule has 0 fully saturated rings. The van der Waals surface area contributed by atoms with Gasteiger partial charge in [-0.15, -0.1) is 0 Å². The molecule has 0 aliphatic heterocycles. The first-order valence-corrected chi connectivity index (χ1v) is 6.45. The molecule has 100 valence electrons. The Morgan fingerprint density at radius 2 is 1.63 bits per heavy atom. The van der Waals surface area contributed by atoms with Crippen LogP contribution in [0.15, 0.2) is 36.4 Å². The van der Waals surface area contributed by atoms with Crippen LogP contribution in [0.25, 0.3) is 0 Å². The summed E-state index contributed by atoms with van der Waals surface area (Å²) in [4.78, 5) is 0. The minimum atomic E-state index is -0.455. The summed E-state index contributed by atoms with van der Waals surface area (Å²) in [6.07, 6.45) is 0. The number of halogens is 3. The molecule has 0 aliphatic rings. The fourth-order valence-electron chi connectivity index (χ4n) is 1.87. The van der Waals surface area contributed by atoms with Crippen LogP contribution < -0.4 is 11.3 Å². The average Bonchev–Trinajstić information content (AvgIpc) is 2.39. The summed E-state index contributed by atoms with van der Waals surface area (Å²) in [7, 11) is 0. The van der Waals surface area contributed by atoms with E-state index in [0.29, 0.717) is 5.02 Å². The molecule has 0 heterocycles. The fourth-order valence-corrected chi connectivity index (χ4v) is 2.24. The van der Waals surface area contributed by atoms with Gasteiger partial charge in [0.15, 0.2) is 0 Å². The van der Waals surface area contributed by atoms with Crippen LogP contribution in [0.1, 0.15) is 22.7 Å². The molecule has 19 heavy (non-hydrogen) atoms. The van der Waals surface area contributed by atoms with Crippen LogP contribution in [0.4, 0.5) is 4.39 Å². The number of rotatable bonds is 3. The fraction of sp³-hybridized carbons (Fsp3) is 0.143. The van der Waals surface area contributed by atoms with Gasteiger partial charge in [-0.3, -0.25) is 5.84 Å². The summed E-state index contributed by atoms with van der Waals surface area (Å²) < 4.78 is 13.2. The molecule has 0 radical (unpaired) electrons. The molecule has 0 spiro atoms. The highest BCUT2D eigenvalue weighted by Gasteiger charge is 2.14. The van der Waals surface area contributed by atoms with Gasteiger partial charge in [-0.05, 0) is 41.8 Å². The highest BCUT2D eigenvalue weighted by Crippen LogP contribution is 2.28. The van der Waals surface area contributed by atoms with Crippen LogP contribution in [0, 0.1) is 12.7 Å². The van der Waals surface area contributed by atoms with E-state index >= 15 is 0 Å². The third-order valence-corrected chi connectivity index (χ3v) is 3.67. The van der Waals surface area contributed by atoms with Crippen molar-refractivity contribution in [2.24, 2.45) is 5.84 Å². The molecule has 2 nitrogen and oxygen atoms in total. The Morgan fingerprint density at radius 3 is 2.16 bits per heavy atom. The summed E-state index contributed by atoms with van der Waals surface area (Å²) >= 11 is 11.9. The molecule has 1 atom stereocenters. The number of hydrazine groups is 1. The van der Waals surface area contributed by atoms with E-state index in [2.05, 4.69) is 5.43 Å². The van der Waals surface area contributed by atoms with Crippen LogP contribution in [0.3, 0.4) is 0 Å². The van der Waals surface area contributed by atoms with E-state index in [1.807, 2.05) is 25.1 Å². The van der Waals surface area contributed by atoms with Gasteiger partial charge in [-0.2, -0.15) is 0 Å². The van der Waals surface area contributed by atoms with Gasteiger partial charge in [0.1, 0.15) is 5.82 Å². The Balaban J connectivity index is 2.43. The van der Waals surface area contributed by atoms with Crippen molar-refractivity contribution in [3.05, 3.63) is 69.0 Å². The van der Waals surface area contributed by atoms with Gasteiger partial charge >= 0.3 is 0 Å². The van der Waals surface area contributed by atoms with Crippen molar-refractivity contribution >= 4 is 23.2 Å². The maximum atomic E-state index is 13.2. The zero-order valence-electron chi connectivity index (χ0n) is 10.3. The Labute approximate surface area is 121 Å². The molecule has 2 aromatic rings. The Morgan fingerprint density at radius 1 is 1.05 bits per heavy atom. The highest BCUT2D eigenvalue weighted by molar-refractivity contribution is 6.31. The summed E-state index contributed by atoms with van der Waals surface area (Å²) in [6, 6.07) is 9.87. The third kappa shape index (κ3) is 3.07. The van der Waals surface area contributed by atoms with E-state index in [-0.39, 0.29) is 11.1 Å². The van der Waals surface area contributed by atoms with Crippen molar-refractivity contribution in [2.45, 2.75) is 13.0 Å². The molecular formula is C14H13Cl2FN2. The summed E-state index contributed by atoms with van der Waals surface area (Å²) in [6.45, 7) is 1.92. The first kappa shape index (κ1) is 14.3. The topological polar surface area (TPSA) is 38.0 Å². The SMILES string of the molecule is Cc1ccc(C(NN)c2ccc(F)c(Cl)c2)cc1Cl. The van der Waals surface area contributed by atoms with Crippen molar-refractivity contribution in [3.8, 4) is 0 Å². The van der Waals surface area contributed by atoms with Gasteiger partial charge in [-0.25, -0.2) is 9.82 Å². The molecule has 2 aromatic carbocycles. The second-order valence-electron chi connectivity index (χ2n) is 4.28. The quantitative estimate of drug-likeness (QED) is 0.664. The van der Waals surface area contributed by atoms with Gasteiger partial charge in [0.25, 0.3) is 0 Å². The number of aryl methyl sites for hydroxylation is 1. The Bertz CT molecular complexity index is 550. The third-order valence-electron chi connectivity index (χ3n) is 2.97. The zero-order valence-corrected chi connectivity index (χ0v) is 11.8. The van der Waals surface area contributed by atoms with Crippen molar-refractivity contribution < 1.29 is 4.39 Å². The smallest absolute Gasteiger partial charge is 0.141 e. The molecule has 0 saturated carbocycles. The van der Waals surface area contributed by atoms with E-state index in [9.17, 15) is 4.39 Å². The van der Waals surface area contributed by atoms with Crippen LogP contribution >= 0.6 is 23.2 Å². The van der Waals surface area contributed by atoms with Gasteiger partial charge in [0.2, 0.25) is 0 Å². The van der Waals surface area contributed by atoms with Gasteiger partial charge in [0, 0.05) is 5.02 Å². The maximum absolute atomic E-state index is 13.2. The lowest BCUT2D eigenvalue weighted by atomic mass is 9.98. The molecule has 5 heteroatoms. The van der Waals surface area contributed by atoms with Gasteiger partial charge < -0.3 is 0 Å². The Hall–Kier alpha value is -1.13. The molecule has 0 bridgehead atoms. The van der Waals surface area contributed by atoms with Gasteiger partial charge in [-0.1, -0.05) is 41.4 Å². The van der Waals surface area contributed by atoms with Crippen LogP contribution in [0.2, 0.25) is 10.0 Å². The first-order valence-electron chi connectivity index (χ1n) is 5.70. The maximum Gasteiger partial charge on any atom is 0.141 e. The molecule has 0 aliphatic carbocycles. The predicted octanol–water partition coefficient (Wildman–Crippen LogP) is 3.99. The standard InChI is InChI=1S/C14H13Cl2FN2/c1-8-2-3-9(6-11(8)15)14(19-18)10-4-5-13(17)12(16)7-10/h2-7,14,19H,18H2,1H3. The molecular weight excluding hydrogens is 286 g/mol. The number of nitrogens with two attached hydrogens (primary N) is 1. The normalized spacial score (nSPS) is 12.5. The first-order chi connectivity index (χ1) is 9.02. The highest BCUT2D eigenvalue weighted by atomic mass is 35.5. The summed E-state index contributed by atoms with van der Waals surface area (Å²) in [5, 5.41) is 0.724. The second kappa shape index (κ2) is 5.88. The molecule has 0 aromatic heterocycles. The molecule has 0 amide bonds. The van der Waals surface area contributed by atoms with Crippen LogP contribution in [-0.2, 0) is 0 Å². The van der Waals surface area contributed by atoms with E-state index in [1.165, 1.54) is 6.07 Å². The minimum Gasteiger partial charge on any atom is -0.271 e. The van der Waals surface area contributed by atoms with Crippen LogP contribution in [0.5, 0.6) is 0 Å². The van der Waals surface area contributed by atoms with E-state index < -0.39 is 5.82 Å². The lowest BCUT2D eigenvalue weighted by molar-refractivity contribution is 0.616. The minimum absolute atomic E-state index is 0.0657. The van der Waals surface area contributed by atoms with Crippen molar-refractivity contribution in [1.82, 2.24) is 5.43 Å². The number of nitrogens with one attached hydrogen (secondary N) is 1. The van der Waals surface area contributed by atoms with Crippen LogP contribution in [-0.4, -0.2) is 0 Å². The average molecular weight is 299 g/mol. The van der Waals surface area contributed by atoms with Crippen molar-refractivity contribution in [1.29, 1.82) is 0 Å². The lowest BCUT2D eigenvalue weighted by Gasteiger charge is -2.18.